The first kappa shape index (κ1) is 18.4. The fourth-order valence-electron chi connectivity index (χ4n) is 2.01. The Morgan fingerprint density at radius 2 is 1.83 bits per heavy atom. The van der Waals surface area contributed by atoms with Crippen LogP contribution in [-0.2, 0) is 10.0 Å². The van der Waals surface area contributed by atoms with Crippen molar-refractivity contribution in [3.63, 3.8) is 0 Å². The van der Waals surface area contributed by atoms with Crippen LogP contribution in [0.2, 0.25) is 0 Å². The largest absolute Gasteiger partial charge is 0.351 e. The standard InChI is InChI=1S/C17H20N2O3S2/c1-13-6-8-16(9-7-13)23-11-10-18-17(20)14-4-3-5-15(12-14)19-24(2,21)22/h3-9,12,19H,10-11H2,1-2H3,(H,18,20). The van der Waals surface area contributed by atoms with E-state index < -0.39 is 10.0 Å². The van der Waals surface area contributed by atoms with Gasteiger partial charge in [0.1, 0.15) is 0 Å². The van der Waals surface area contributed by atoms with Gasteiger partial charge in [0.25, 0.3) is 5.91 Å². The van der Waals surface area contributed by atoms with E-state index in [-0.39, 0.29) is 5.91 Å². The minimum Gasteiger partial charge on any atom is -0.351 e. The maximum Gasteiger partial charge on any atom is 0.251 e. The quantitative estimate of drug-likeness (QED) is 0.585. The van der Waals surface area contributed by atoms with E-state index in [0.29, 0.717) is 17.8 Å². The molecule has 0 heterocycles. The molecule has 24 heavy (non-hydrogen) atoms. The number of rotatable bonds is 7. The average molecular weight is 364 g/mol. The fraction of sp³-hybridized carbons (Fsp3) is 0.235. The number of carbonyl (C=O) groups is 1. The topological polar surface area (TPSA) is 75.3 Å². The van der Waals surface area contributed by atoms with Crippen molar-refractivity contribution >= 4 is 33.4 Å². The Morgan fingerprint density at radius 3 is 2.50 bits per heavy atom. The third-order valence-corrected chi connectivity index (χ3v) is 4.73. The van der Waals surface area contributed by atoms with E-state index in [0.717, 1.165) is 16.9 Å². The molecule has 0 aliphatic carbocycles. The van der Waals surface area contributed by atoms with Gasteiger partial charge < -0.3 is 5.32 Å². The van der Waals surface area contributed by atoms with Crippen molar-refractivity contribution < 1.29 is 13.2 Å². The van der Waals surface area contributed by atoms with E-state index in [1.807, 2.05) is 6.92 Å². The van der Waals surface area contributed by atoms with E-state index in [9.17, 15) is 13.2 Å². The predicted molar refractivity (Wildman–Crippen MR) is 99.1 cm³/mol. The Kier molecular flexibility index (Phi) is 6.28. The summed E-state index contributed by atoms with van der Waals surface area (Å²) in [4.78, 5) is 13.3. The highest BCUT2D eigenvalue weighted by atomic mass is 32.2. The van der Waals surface area contributed by atoms with E-state index in [1.165, 1.54) is 11.6 Å². The zero-order chi connectivity index (χ0) is 17.6. The molecule has 0 saturated carbocycles. The van der Waals surface area contributed by atoms with Gasteiger partial charge in [-0.1, -0.05) is 23.8 Å². The Hall–Kier alpha value is -1.99. The maximum atomic E-state index is 12.1. The summed E-state index contributed by atoms with van der Waals surface area (Å²) >= 11 is 1.67. The molecule has 2 N–H and O–H groups in total. The lowest BCUT2D eigenvalue weighted by atomic mass is 10.2. The number of hydrogen-bond acceptors (Lipinski definition) is 4. The Bertz CT molecular complexity index is 803. The van der Waals surface area contributed by atoms with Gasteiger partial charge in [0, 0.05) is 28.4 Å². The van der Waals surface area contributed by atoms with Crippen molar-refractivity contribution in [1.29, 1.82) is 0 Å². The van der Waals surface area contributed by atoms with Crippen LogP contribution in [0, 0.1) is 6.92 Å². The van der Waals surface area contributed by atoms with Gasteiger partial charge in [0.2, 0.25) is 10.0 Å². The van der Waals surface area contributed by atoms with Crippen molar-refractivity contribution in [3.8, 4) is 0 Å². The fourth-order valence-corrected chi connectivity index (χ4v) is 3.33. The highest BCUT2D eigenvalue weighted by Gasteiger charge is 2.08. The molecule has 0 unspecified atom stereocenters. The van der Waals surface area contributed by atoms with Crippen LogP contribution in [0.4, 0.5) is 5.69 Å². The lowest BCUT2D eigenvalue weighted by Crippen LogP contribution is -2.25. The average Bonchev–Trinajstić information content (AvgIpc) is 2.51. The van der Waals surface area contributed by atoms with E-state index in [2.05, 4.69) is 34.3 Å². The molecule has 2 aromatic carbocycles. The van der Waals surface area contributed by atoms with Crippen molar-refractivity contribution in [2.24, 2.45) is 0 Å². The summed E-state index contributed by atoms with van der Waals surface area (Å²) in [5.74, 6) is 0.535. The number of anilines is 1. The smallest absolute Gasteiger partial charge is 0.251 e. The van der Waals surface area contributed by atoms with Gasteiger partial charge >= 0.3 is 0 Å². The number of thioether (sulfide) groups is 1. The molecule has 128 valence electrons. The first-order valence-corrected chi connectivity index (χ1v) is 10.3. The normalized spacial score (nSPS) is 11.1. The van der Waals surface area contributed by atoms with Crippen LogP contribution in [0.1, 0.15) is 15.9 Å². The molecule has 0 atom stereocenters. The Labute approximate surface area is 146 Å². The highest BCUT2D eigenvalue weighted by molar-refractivity contribution is 7.99. The molecule has 0 aliphatic rings. The minimum absolute atomic E-state index is 0.225. The SMILES string of the molecule is Cc1ccc(SCCNC(=O)c2cccc(NS(C)(=O)=O)c2)cc1. The third kappa shape index (κ3) is 6.25. The zero-order valence-corrected chi connectivity index (χ0v) is 15.2. The molecule has 1 amide bonds. The van der Waals surface area contributed by atoms with Crippen molar-refractivity contribution in [2.45, 2.75) is 11.8 Å². The molecule has 7 heteroatoms. The number of carbonyl (C=O) groups excluding carboxylic acids is 1. The summed E-state index contributed by atoms with van der Waals surface area (Å²) in [7, 11) is -3.36. The van der Waals surface area contributed by atoms with Crippen LogP contribution < -0.4 is 10.0 Å². The lowest BCUT2D eigenvalue weighted by Gasteiger charge is -2.08. The molecular weight excluding hydrogens is 344 g/mol. The molecule has 0 spiro atoms. The summed E-state index contributed by atoms with van der Waals surface area (Å²) in [6, 6.07) is 14.6. The van der Waals surface area contributed by atoms with Gasteiger partial charge in [-0.2, -0.15) is 0 Å². The molecule has 0 aliphatic heterocycles. The van der Waals surface area contributed by atoms with Crippen LogP contribution in [0.5, 0.6) is 0 Å². The van der Waals surface area contributed by atoms with Crippen LogP contribution in [0.3, 0.4) is 0 Å². The molecule has 0 aromatic heterocycles. The van der Waals surface area contributed by atoms with Gasteiger partial charge in [-0.05, 0) is 37.3 Å². The highest BCUT2D eigenvalue weighted by Crippen LogP contribution is 2.17. The molecular formula is C17H20N2O3S2. The number of benzene rings is 2. The van der Waals surface area contributed by atoms with E-state index in [4.69, 9.17) is 0 Å². The predicted octanol–water partition coefficient (Wildman–Crippen LogP) is 2.89. The van der Waals surface area contributed by atoms with Crippen LogP contribution in [0.15, 0.2) is 53.4 Å². The Balaban J connectivity index is 1.84. The van der Waals surface area contributed by atoms with Gasteiger partial charge in [-0.25, -0.2) is 8.42 Å². The second kappa shape index (κ2) is 8.21. The van der Waals surface area contributed by atoms with Crippen LogP contribution in [0.25, 0.3) is 0 Å². The molecule has 2 aromatic rings. The summed E-state index contributed by atoms with van der Waals surface area (Å²) in [5.41, 5.74) is 2.01. The zero-order valence-electron chi connectivity index (χ0n) is 13.6. The van der Waals surface area contributed by atoms with Crippen LogP contribution >= 0.6 is 11.8 Å². The number of hydrogen-bond donors (Lipinski definition) is 2. The van der Waals surface area contributed by atoms with E-state index >= 15 is 0 Å². The number of amides is 1. The monoisotopic (exact) mass is 364 g/mol. The minimum atomic E-state index is -3.36. The lowest BCUT2D eigenvalue weighted by molar-refractivity contribution is 0.0956. The number of aryl methyl sites for hydroxylation is 1. The summed E-state index contributed by atoms with van der Waals surface area (Å²) in [5, 5.41) is 2.83. The third-order valence-electron chi connectivity index (χ3n) is 3.11. The molecule has 0 fully saturated rings. The summed E-state index contributed by atoms with van der Waals surface area (Å²) in [6.45, 7) is 2.57. The maximum absolute atomic E-state index is 12.1. The summed E-state index contributed by atoms with van der Waals surface area (Å²) < 4.78 is 24.8. The summed E-state index contributed by atoms with van der Waals surface area (Å²) in [6.07, 6.45) is 1.07. The second-order valence-electron chi connectivity index (χ2n) is 5.37. The van der Waals surface area contributed by atoms with Gasteiger partial charge in [0.15, 0.2) is 0 Å². The van der Waals surface area contributed by atoms with Crippen molar-refractivity contribution in [3.05, 3.63) is 59.7 Å². The molecule has 0 bridgehead atoms. The first-order valence-electron chi connectivity index (χ1n) is 7.39. The Morgan fingerprint density at radius 1 is 1.12 bits per heavy atom. The van der Waals surface area contributed by atoms with Crippen molar-refractivity contribution in [1.82, 2.24) is 5.32 Å². The molecule has 2 rings (SSSR count). The molecule has 0 radical (unpaired) electrons. The number of sulfonamides is 1. The second-order valence-corrected chi connectivity index (χ2v) is 8.29. The first-order chi connectivity index (χ1) is 11.3. The molecule has 5 nitrogen and oxygen atoms in total. The van der Waals surface area contributed by atoms with Gasteiger partial charge in [0.05, 0.1) is 6.26 Å². The van der Waals surface area contributed by atoms with Crippen molar-refractivity contribution in [2.75, 3.05) is 23.3 Å². The number of nitrogens with one attached hydrogen (secondary N) is 2. The van der Waals surface area contributed by atoms with Crippen LogP contribution in [-0.4, -0.2) is 32.9 Å². The van der Waals surface area contributed by atoms with E-state index in [1.54, 1.807) is 30.0 Å². The van der Waals surface area contributed by atoms with Gasteiger partial charge in [-0.3, -0.25) is 9.52 Å². The molecule has 0 saturated heterocycles. The van der Waals surface area contributed by atoms with Gasteiger partial charge in [-0.15, -0.1) is 11.8 Å².